The molecular weight excluding hydrogens is 302 g/mol. The van der Waals surface area contributed by atoms with Crippen molar-refractivity contribution in [2.24, 2.45) is 23.2 Å². The van der Waals surface area contributed by atoms with Gasteiger partial charge in [0, 0.05) is 13.0 Å². The molecule has 0 unspecified atom stereocenters. The highest BCUT2D eigenvalue weighted by Crippen LogP contribution is 2.61. The van der Waals surface area contributed by atoms with Gasteiger partial charge in [0.25, 0.3) is 0 Å². The quantitative estimate of drug-likeness (QED) is 0.849. The van der Waals surface area contributed by atoms with Gasteiger partial charge in [-0.05, 0) is 81.5 Å². The smallest absolute Gasteiger partial charge is 0.223 e. The topological polar surface area (TPSA) is 59.2 Å². The van der Waals surface area contributed by atoms with Gasteiger partial charge in [0.2, 0.25) is 5.91 Å². The summed E-state index contributed by atoms with van der Waals surface area (Å²) in [6, 6.07) is 0.0812. The van der Waals surface area contributed by atoms with Gasteiger partial charge in [0.05, 0.1) is 6.04 Å². The average molecular weight is 329 g/mol. The van der Waals surface area contributed by atoms with Crippen LogP contribution in [-0.2, 0) is 4.79 Å². The van der Waals surface area contributed by atoms with Crippen molar-refractivity contribution >= 4 is 5.91 Å². The van der Waals surface area contributed by atoms with Crippen LogP contribution in [0.4, 0.5) is 0 Å². The summed E-state index contributed by atoms with van der Waals surface area (Å²) < 4.78 is 4.88. The summed E-state index contributed by atoms with van der Waals surface area (Å²) in [5.41, 5.74) is 2.01. The van der Waals surface area contributed by atoms with Crippen molar-refractivity contribution < 1.29 is 9.42 Å². The van der Waals surface area contributed by atoms with Crippen LogP contribution in [0.3, 0.4) is 0 Å². The van der Waals surface area contributed by atoms with E-state index in [0.29, 0.717) is 11.3 Å². The second-order valence-electron chi connectivity index (χ2n) is 9.07. The number of hydrogen-bond donors (Lipinski definition) is 0. The lowest BCUT2D eigenvalue weighted by Gasteiger charge is -2.57. The highest BCUT2D eigenvalue weighted by Gasteiger charge is 2.52. The van der Waals surface area contributed by atoms with Gasteiger partial charge in [0.1, 0.15) is 11.4 Å². The minimum Gasteiger partial charge on any atom is -0.334 e. The Labute approximate surface area is 143 Å². The van der Waals surface area contributed by atoms with Gasteiger partial charge in [-0.15, -0.1) is 0 Å². The number of likely N-dealkylation sites (tertiary alicyclic amines) is 1. The van der Waals surface area contributed by atoms with Crippen LogP contribution in [0.2, 0.25) is 0 Å². The van der Waals surface area contributed by atoms with Crippen LogP contribution in [0.1, 0.15) is 75.2 Å². The molecule has 24 heavy (non-hydrogen) atoms. The largest absolute Gasteiger partial charge is 0.334 e. The molecule has 5 heteroatoms. The molecule has 1 aliphatic heterocycles. The maximum atomic E-state index is 13.2. The fourth-order valence-corrected chi connectivity index (χ4v) is 6.82. The van der Waals surface area contributed by atoms with Crippen LogP contribution in [0.5, 0.6) is 0 Å². The van der Waals surface area contributed by atoms with E-state index in [1.54, 1.807) is 0 Å². The summed E-state index contributed by atoms with van der Waals surface area (Å²) in [4.78, 5) is 15.3. The Kier molecular flexibility index (Phi) is 3.29. The lowest BCUT2D eigenvalue weighted by atomic mass is 9.49. The van der Waals surface area contributed by atoms with E-state index in [2.05, 4.69) is 15.2 Å². The first-order chi connectivity index (χ1) is 11.6. The molecule has 5 aliphatic rings. The predicted octanol–water partition coefficient (Wildman–Crippen LogP) is 3.65. The van der Waals surface area contributed by atoms with E-state index in [1.807, 2.05) is 6.92 Å². The number of aromatic nitrogens is 2. The lowest BCUT2D eigenvalue weighted by Crippen LogP contribution is -2.48. The van der Waals surface area contributed by atoms with Crippen LogP contribution < -0.4 is 0 Å². The summed E-state index contributed by atoms with van der Waals surface area (Å²) >= 11 is 0. The van der Waals surface area contributed by atoms with Crippen molar-refractivity contribution in [1.29, 1.82) is 0 Å². The summed E-state index contributed by atoms with van der Waals surface area (Å²) in [7, 11) is 0. The molecule has 5 nitrogen and oxygen atoms in total. The average Bonchev–Trinajstić information content (AvgIpc) is 3.13. The standard InChI is InChI=1S/C19H27N3O2/c1-12-18(21-24-20-12)16-3-2-4-22(16)17(23)11-19-8-13-5-14(9-19)7-15(6-13)10-19/h13-16H,2-11H2,1H3/t13?,14?,15?,16-,19?/m0/s1. The van der Waals surface area contributed by atoms with Gasteiger partial charge >= 0.3 is 0 Å². The number of hydrogen-bond acceptors (Lipinski definition) is 4. The molecule has 2 heterocycles. The molecule has 4 saturated carbocycles. The van der Waals surface area contributed by atoms with Gasteiger partial charge < -0.3 is 4.90 Å². The number of carbonyl (C=O) groups is 1. The highest BCUT2D eigenvalue weighted by molar-refractivity contribution is 5.78. The first kappa shape index (κ1) is 14.9. The molecule has 0 radical (unpaired) electrons. The molecule has 130 valence electrons. The van der Waals surface area contributed by atoms with Crippen LogP contribution in [0, 0.1) is 30.1 Å². The second kappa shape index (κ2) is 5.30. The lowest BCUT2D eigenvalue weighted by molar-refractivity contribution is -0.140. The summed E-state index contributed by atoms with van der Waals surface area (Å²) in [5, 5.41) is 7.99. The Morgan fingerprint density at radius 1 is 1.17 bits per heavy atom. The molecule has 6 rings (SSSR count). The summed E-state index contributed by atoms with van der Waals surface area (Å²) in [6.07, 6.45) is 11.0. The Balaban J connectivity index is 1.34. The third kappa shape index (κ3) is 2.31. The van der Waals surface area contributed by atoms with Gasteiger partial charge in [-0.2, -0.15) is 0 Å². The molecule has 1 atom stereocenters. The van der Waals surface area contributed by atoms with E-state index in [4.69, 9.17) is 4.63 Å². The molecule has 1 amide bonds. The molecule has 4 aliphatic carbocycles. The molecule has 0 N–H and O–H groups in total. The molecule has 1 aromatic rings. The highest BCUT2D eigenvalue weighted by atomic mass is 16.6. The van der Waals surface area contributed by atoms with Crippen molar-refractivity contribution in [2.75, 3.05) is 6.54 Å². The molecule has 4 bridgehead atoms. The SMILES string of the molecule is Cc1nonc1[C@@H]1CCCN1C(=O)CC12CC3CC(CC(C3)C1)C2. The van der Waals surface area contributed by atoms with Crippen molar-refractivity contribution in [1.82, 2.24) is 15.2 Å². The zero-order valence-corrected chi connectivity index (χ0v) is 14.5. The van der Waals surface area contributed by atoms with Crippen LogP contribution in [-0.4, -0.2) is 27.7 Å². The fourth-order valence-electron chi connectivity index (χ4n) is 6.82. The van der Waals surface area contributed by atoms with E-state index in [-0.39, 0.29) is 6.04 Å². The van der Waals surface area contributed by atoms with Crippen molar-refractivity contribution in [3.63, 3.8) is 0 Å². The Morgan fingerprint density at radius 3 is 2.42 bits per heavy atom. The Bertz CT molecular complexity index is 618. The summed E-state index contributed by atoms with van der Waals surface area (Å²) in [5.74, 6) is 3.06. The number of amides is 1. The maximum Gasteiger partial charge on any atom is 0.223 e. The van der Waals surface area contributed by atoms with Gasteiger partial charge in [0.15, 0.2) is 0 Å². The van der Waals surface area contributed by atoms with Crippen LogP contribution >= 0.6 is 0 Å². The number of nitrogens with zero attached hydrogens (tertiary/aromatic N) is 3. The van der Waals surface area contributed by atoms with Gasteiger partial charge in [-0.3, -0.25) is 4.79 Å². The van der Waals surface area contributed by atoms with E-state index >= 15 is 0 Å². The maximum absolute atomic E-state index is 13.2. The summed E-state index contributed by atoms with van der Waals surface area (Å²) in [6.45, 7) is 2.79. The van der Waals surface area contributed by atoms with E-state index in [0.717, 1.165) is 54.9 Å². The van der Waals surface area contributed by atoms with Gasteiger partial charge in [-0.1, -0.05) is 10.3 Å². The van der Waals surface area contributed by atoms with Crippen LogP contribution in [0.25, 0.3) is 0 Å². The number of rotatable bonds is 3. The van der Waals surface area contributed by atoms with Crippen LogP contribution in [0.15, 0.2) is 4.63 Å². The zero-order chi connectivity index (χ0) is 16.3. The third-order valence-electron chi connectivity index (χ3n) is 7.27. The zero-order valence-electron chi connectivity index (χ0n) is 14.5. The van der Waals surface area contributed by atoms with Gasteiger partial charge in [-0.25, -0.2) is 4.63 Å². The third-order valence-corrected chi connectivity index (χ3v) is 7.27. The second-order valence-corrected chi connectivity index (χ2v) is 9.07. The minimum atomic E-state index is 0.0812. The monoisotopic (exact) mass is 329 g/mol. The van der Waals surface area contributed by atoms with E-state index < -0.39 is 0 Å². The first-order valence-corrected chi connectivity index (χ1v) is 9.70. The van der Waals surface area contributed by atoms with Crippen molar-refractivity contribution in [3.05, 3.63) is 11.4 Å². The molecular formula is C19H27N3O2. The number of carbonyl (C=O) groups excluding carboxylic acids is 1. The van der Waals surface area contributed by atoms with Crippen molar-refractivity contribution in [2.45, 2.75) is 70.8 Å². The fraction of sp³-hybridized carbons (Fsp3) is 0.842. The molecule has 0 spiro atoms. The molecule has 1 saturated heterocycles. The predicted molar refractivity (Wildman–Crippen MR) is 87.9 cm³/mol. The first-order valence-electron chi connectivity index (χ1n) is 9.70. The normalized spacial score (nSPS) is 40.5. The molecule has 0 aromatic carbocycles. The van der Waals surface area contributed by atoms with E-state index in [9.17, 15) is 4.79 Å². The van der Waals surface area contributed by atoms with E-state index in [1.165, 1.54) is 38.5 Å². The molecule has 5 fully saturated rings. The Morgan fingerprint density at radius 2 is 1.83 bits per heavy atom. The van der Waals surface area contributed by atoms with Crippen molar-refractivity contribution in [3.8, 4) is 0 Å². The Hall–Kier alpha value is -1.39. The minimum absolute atomic E-state index is 0.0812. The number of aryl methyl sites for hydroxylation is 1. The molecule has 1 aromatic heterocycles.